The van der Waals surface area contributed by atoms with Gasteiger partial charge in [0.25, 0.3) is 10.1 Å². The lowest BCUT2D eigenvalue weighted by Crippen LogP contribution is -2.26. The third-order valence-electron chi connectivity index (χ3n) is 5.82. The molecule has 0 radical (unpaired) electrons. The van der Waals surface area contributed by atoms with Crippen molar-refractivity contribution < 1.29 is 40.3 Å². The van der Waals surface area contributed by atoms with Crippen LogP contribution in [0.1, 0.15) is 54.5 Å². The third kappa shape index (κ3) is 11.2. The number of rotatable bonds is 16. The number of nitrogens with two attached hydrogens (primary N) is 1. The molecular weight excluding hydrogens is 607 g/mol. The molecule has 0 saturated heterocycles. The topological polar surface area (TPSA) is 188 Å². The van der Waals surface area contributed by atoms with Crippen LogP contribution < -0.4 is 15.2 Å². The first-order chi connectivity index (χ1) is 19.7. The second-order valence-electron chi connectivity index (χ2n) is 9.79. The number of amidine groups is 1. The summed E-state index contributed by atoms with van der Waals surface area (Å²) in [6, 6.07) is 13.8. The van der Waals surface area contributed by atoms with Crippen LogP contribution >= 0.6 is 11.3 Å². The molecule has 0 bridgehead atoms. The molecule has 230 valence electrons. The zero-order valence-corrected chi connectivity index (χ0v) is 25.9. The van der Waals surface area contributed by atoms with Gasteiger partial charge in [0.2, 0.25) is 5.94 Å². The maximum atomic E-state index is 11.6. The monoisotopic (exact) mass is 641 g/mol. The first-order valence-corrected chi connectivity index (χ1v) is 17.1. The number of hydrogen-bond donors (Lipinski definition) is 3. The Bertz CT molecular complexity index is 1550. The van der Waals surface area contributed by atoms with Gasteiger partial charge in [-0.3, -0.25) is 9.11 Å². The normalized spacial score (nSPS) is 13.2. The molecule has 3 aromatic rings. The molecular formula is C27H35N3O9S3. The highest BCUT2D eigenvalue weighted by Gasteiger charge is 2.20. The molecule has 42 heavy (non-hydrogen) atoms. The van der Waals surface area contributed by atoms with Crippen molar-refractivity contribution in [2.75, 3.05) is 18.3 Å². The summed E-state index contributed by atoms with van der Waals surface area (Å²) >= 11 is 1.67. The minimum Gasteiger partial charge on any atom is -0.494 e. The van der Waals surface area contributed by atoms with Crippen LogP contribution in [0.3, 0.4) is 0 Å². The van der Waals surface area contributed by atoms with Crippen LogP contribution in [0.25, 0.3) is 11.3 Å². The minimum absolute atomic E-state index is 0.0803. The van der Waals surface area contributed by atoms with Gasteiger partial charge in [-0.15, -0.1) is 11.3 Å². The van der Waals surface area contributed by atoms with Crippen LogP contribution in [0, 0.1) is 6.92 Å². The number of nitrogens with zero attached hydrogens (tertiary/aromatic N) is 2. The molecule has 0 aliphatic carbocycles. The molecule has 1 aromatic heterocycles. The fraction of sp³-hybridized carbons (Fsp3) is 0.407. The number of hydrogen-bond acceptors (Lipinski definition) is 10. The zero-order valence-electron chi connectivity index (χ0n) is 23.5. The quantitative estimate of drug-likeness (QED) is 0.0651. The molecule has 0 aliphatic rings. The van der Waals surface area contributed by atoms with Gasteiger partial charge in [0.1, 0.15) is 23.4 Å². The molecule has 1 unspecified atom stereocenters. The highest BCUT2D eigenvalue weighted by molar-refractivity contribution is 7.85. The Morgan fingerprint density at radius 1 is 0.976 bits per heavy atom. The summed E-state index contributed by atoms with van der Waals surface area (Å²) in [6.45, 7) is 6.57. The number of benzene rings is 2. The van der Waals surface area contributed by atoms with Crippen molar-refractivity contribution in [2.45, 2.75) is 52.1 Å². The van der Waals surface area contributed by atoms with E-state index in [9.17, 15) is 21.4 Å². The zero-order chi connectivity index (χ0) is 30.9. The predicted molar refractivity (Wildman–Crippen MR) is 161 cm³/mol. The van der Waals surface area contributed by atoms with E-state index in [1.807, 2.05) is 19.1 Å². The molecule has 12 nitrogen and oxygen atoms in total. The van der Waals surface area contributed by atoms with Crippen LogP contribution in [0.2, 0.25) is 0 Å². The number of aromatic nitrogens is 1. The summed E-state index contributed by atoms with van der Waals surface area (Å²) in [5.74, 6) is -0.241. The fourth-order valence-electron chi connectivity index (χ4n) is 3.94. The molecule has 0 amide bonds. The van der Waals surface area contributed by atoms with Crippen molar-refractivity contribution in [3.05, 3.63) is 64.0 Å². The maximum Gasteiger partial charge on any atom is 0.303 e. The third-order valence-corrected chi connectivity index (χ3v) is 8.28. The molecule has 0 saturated carbocycles. The number of thiazole rings is 1. The Hall–Kier alpha value is -3.24. The average Bonchev–Trinajstić information content (AvgIpc) is 3.29. The summed E-state index contributed by atoms with van der Waals surface area (Å²) in [6.07, 6.45) is 0.809. The lowest BCUT2D eigenvalue weighted by atomic mass is 10.1. The van der Waals surface area contributed by atoms with Gasteiger partial charge in [0, 0.05) is 16.0 Å². The molecule has 15 heteroatoms. The van der Waals surface area contributed by atoms with Gasteiger partial charge in [-0.2, -0.15) is 16.8 Å². The first-order valence-electron chi connectivity index (χ1n) is 13.0. The van der Waals surface area contributed by atoms with Crippen molar-refractivity contribution in [1.29, 1.82) is 0 Å². The molecule has 0 spiro atoms. The molecule has 2 aromatic carbocycles. The van der Waals surface area contributed by atoms with Crippen LogP contribution in [0.4, 0.5) is 0 Å². The van der Waals surface area contributed by atoms with Crippen LogP contribution in [0.15, 0.2) is 53.7 Å². The maximum absolute atomic E-state index is 11.6. The minimum atomic E-state index is -4.33. The summed E-state index contributed by atoms with van der Waals surface area (Å²) in [7, 11) is -8.58. The summed E-state index contributed by atoms with van der Waals surface area (Å²) in [5.41, 5.74) is 8.07. The van der Waals surface area contributed by atoms with Crippen LogP contribution in [0.5, 0.6) is 11.5 Å². The van der Waals surface area contributed by atoms with Gasteiger partial charge >= 0.3 is 10.1 Å². The molecule has 3 rings (SSSR count). The fourth-order valence-corrected chi connectivity index (χ4v) is 5.78. The van der Waals surface area contributed by atoms with Crippen LogP contribution in [-0.4, -0.2) is 61.2 Å². The van der Waals surface area contributed by atoms with Gasteiger partial charge in [0.15, 0.2) is 5.84 Å². The van der Waals surface area contributed by atoms with Gasteiger partial charge in [-0.05, 0) is 80.6 Å². The Kier molecular flexibility index (Phi) is 11.7. The first kappa shape index (κ1) is 33.3. The van der Waals surface area contributed by atoms with E-state index in [4.69, 9.17) is 19.8 Å². The second-order valence-corrected chi connectivity index (χ2v) is 13.9. The number of ether oxygens (including phenoxy) is 2. The molecule has 1 atom stereocenters. The Balaban J connectivity index is 1.51. The van der Waals surface area contributed by atoms with E-state index in [0.717, 1.165) is 16.3 Å². The lowest BCUT2D eigenvalue weighted by Gasteiger charge is -2.18. The van der Waals surface area contributed by atoms with Crippen molar-refractivity contribution in [1.82, 2.24) is 4.98 Å². The van der Waals surface area contributed by atoms with E-state index in [2.05, 4.69) is 28.8 Å². The Morgan fingerprint density at radius 2 is 1.62 bits per heavy atom. The second kappa shape index (κ2) is 14.8. The van der Waals surface area contributed by atoms with Crippen molar-refractivity contribution in [3.63, 3.8) is 0 Å². The van der Waals surface area contributed by atoms with E-state index in [0.29, 0.717) is 48.8 Å². The smallest absolute Gasteiger partial charge is 0.303 e. The summed E-state index contributed by atoms with van der Waals surface area (Å²) < 4.78 is 74.3. The van der Waals surface area contributed by atoms with E-state index in [1.165, 1.54) is 4.88 Å². The number of unbranched alkanes of at least 4 members (excludes halogenated alkanes) is 1. The largest absolute Gasteiger partial charge is 0.494 e. The van der Waals surface area contributed by atoms with E-state index < -0.39 is 38.0 Å². The van der Waals surface area contributed by atoms with Crippen molar-refractivity contribution >= 4 is 37.4 Å². The van der Waals surface area contributed by atoms with Gasteiger partial charge < -0.3 is 20.0 Å². The summed E-state index contributed by atoms with van der Waals surface area (Å²) in [4.78, 5) is 10.3. The summed E-state index contributed by atoms with van der Waals surface area (Å²) in [5, 5.41) is 4.43. The average molecular weight is 642 g/mol. The Morgan fingerprint density at radius 3 is 2.21 bits per heavy atom. The predicted octanol–water partition coefficient (Wildman–Crippen LogP) is 4.61. The van der Waals surface area contributed by atoms with Crippen molar-refractivity contribution in [3.8, 4) is 22.8 Å². The Labute approximate surface area is 250 Å². The molecule has 0 aliphatic heterocycles. The molecule has 4 N–H and O–H groups in total. The van der Waals surface area contributed by atoms with Crippen molar-refractivity contribution in [2.24, 2.45) is 10.9 Å². The van der Waals surface area contributed by atoms with E-state index in [-0.39, 0.29) is 5.84 Å². The van der Waals surface area contributed by atoms with Gasteiger partial charge in [-0.25, -0.2) is 4.98 Å². The number of aryl methyl sites for hydroxylation is 1. The lowest BCUT2D eigenvalue weighted by molar-refractivity contribution is 0.182. The molecule has 1 heterocycles. The van der Waals surface area contributed by atoms with E-state index in [1.54, 1.807) is 47.7 Å². The number of oxime groups is 1. The van der Waals surface area contributed by atoms with Crippen LogP contribution in [-0.2, 0) is 25.1 Å². The standard InChI is InChI=1S/C27H35N3O9S3/c1-18(2)26-25(29-19(3)40-26)20-7-13-23(14-8-20)39-24(16-41(31,32)33)6-4-5-15-37-22-11-9-21(10-12-22)27(28)30-38-17-42(34,35)36/h7-14,18,24H,4-6,15-17H2,1-3H3,(H2,28,30)(H,31,32,33)(H,34,35,36). The highest BCUT2D eigenvalue weighted by Crippen LogP contribution is 2.34. The SMILES string of the molecule is Cc1nc(-c2ccc(OC(CCCCOc3ccc(C(N)=NOCS(=O)(=O)O)cc3)CS(=O)(=O)O)cc2)c(C(C)C)s1. The van der Waals surface area contributed by atoms with Gasteiger partial charge in [-0.1, -0.05) is 19.0 Å². The van der Waals surface area contributed by atoms with E-state index >= 15 is 0 Å². The van der Waals surface area contributed by atoms with Gasteiger partial charge in [0.05, 0.1) is 17.3 Å². The molecule has 0 fully saturated rings. The highest BCUT2D eigenvalue weighted by atomic mass is 32.2.